The van der Waals surface area contributed by atoms with E-state index in [2.05, 4.69) is 0 Å². The van der Waals surface area contributed by atoms with E-state index in [1.165, 1.54) is 16.7 Å². The van der Waals surface area contributed by atoms with Gasteiger partial charge < -0.3 is 10.0 Å². The topological polar surface area (TPSA) is 81.4 Å². The Kier molecular flexibility index (Phi) is 7.46. The number of hydrogen-bond donors (Lipinski definition) is 1. The van der Waals surface area contributed by atoms with Gasteiger partial charge in [-0.1, -0.05) is 6.92 Å². The Bertz CT molecular complexity index is 263. The summed E-state index contributed by atoms with van der Waals surface area (Å²) in [4.78, 5) is 23.2. The zero-order chi connectivity index (χ0) is 11.7. The second-order valence-electron chi connectivity index (χ2n) is 2.86. The summed E-state index contributed by atoms with van der Waals surface area (Å²) in [6.45, 7) is 2.06. The molecule has 0 aliphatic carbocycles. The number of aliphatic carboxylic acids is 1. The summed E-state index contributed by atoms with van der Waals surface area (Å²) in [6.07, 6.45) is 0.724. The Balaban J connectivity index is 4.05. The lowest BCUT2D eigenvalue weighted by Crippen LogP contribution is -2.37. The van der Waals surface area contributed by atoms with E-state index in [9.17, 15) is 9.59 Å². The van der Waals surface area contributed by atoms with E-state index in [4.69, 9.17) is 10.4 Å². The number of nitriles is 1. The average Bonchev–Trinajstić information content (AvgIpc) is 2.17. The number of carboxylic acid groups (broad SMARTS) is 1. The third-order valence-corrected chi connectivity index (χ3v) is 2.35. The first kappa shape index (κ1) is 13.8. The Labute approximate surface area is 93.1 Å². The highest BCUT2D eigenvalue weighted by atomic mass is 32.2. The van der Waals surface area contributed by atoms with Crippen LogP contribution < -0.4 is 0 Å². The standard InChI is InChI=1S/C9H14N2O3S/c1-2-4-11(6-9(13)14)8(12)7-15-5-3-10/h2,4-7H2,1H3,(H,13,14). The third-order valence-electron chi connectivity index (χ3n) is 1.56. The maximum atomic E-state index is 11.5. The van der Waals surface area contributed by atoms with Crippen LogP contribution in [0.4, 0.5) is 0 Å². The van der Waals surface area contributed by atoms with Crippen molar-refractivity contribution in [1.29, 1.82) is 5.26 Å². The highest BCUT2D eigenvalue weighted by Gasteiger charge is 2.15. The van der Waals surface area contributed by atoms with Gasteiger partial charge in [-0.05, 0) is 6.42 Å². The van der Waals surface area contributed by atoms with Crippen molar-refractivity contribution < 1.29 is 14.7 Å². The van der Waals surface area contributed by atoms with Gasteiger partial charge in [-0.25, -0.2) is 0 Å². The quantitative estimate of drug-likeness (QED) is 0.646. The number of hydrogen-bond acceptors (Lipinski definition) is 4. The second kappa shape index (κ2) is 8.12. The summed E-state index contributed by atoms with van der Waals surface area (Å²) in [5.74, 6) is -0.818. The van der Waals surface area contributed by atoms with Crippen LogP contribution in [0.25, 0.3) is 0 Å². The molecule has 0 rings (SSSR count). The minimum absolute atomic E-state index is 0.167. The number of carbonyl (C=O) groups is 2. The normalized spacial score (nSPS) is 9.33. The van der Waals surface area contributed by atoms with Gasteiger partial charge in [0.15, 0.2) is 0 Å². The van der Waals surface area contributed by atoms with Gasteiger partial charge in [0.2, 0.25) is 5.91 Å². The van der Waals surface area contributed by atoms with Gasteiger partial charge in [0.25, 0.3) is 0 Å². The van der Waals surface area contributed by atoms with Gasteiger partial charge in [0.1, 0.15) is 6.54 Å². The predicted molar refractivity (Wildman–Crippen MR) is 57.4 cm³/mol. The summed E-state index contributed by atoms with van der Waals surface area (Å²) < 4.78 is 0. The molecule has 0 aromatic carbocycles. The lowest BCUT2D eigenvalue weighted by molar-refractivity contribution is -0.143. The summed E-state index contributed by atoms with van der Waals surface area (Å²) in [6, 6.07) is 1.91. The number of carboxylic acids is 1. The number of nitrogens with zero attached hydrogens (tertiary/aromatic N) is 2. The molecule has 6 heteroatoms. The van der Waals surface area contributed by atoms with Crippen LogP contribution in [-0.2, 0) is 9.59 Å². The molecule has 1 amide bonds. The molecule has 0 saturated carbocycles. The summed E-state index contributed by atoms with van der Waals surface area (Å²) in [7, 11) is 0. The van der Waals surface area contributed by atoms with E-state index in [0.29, 0.717) is 6.54 Å². The maximum absolute atomic E-state index is 11.5. The predicted octanol–water partition coefficient (Wildman–Crippen LogP) is 0.566. The van der Waals surface area contributed by atoms with E-state index in [-0.39, 0.29) is 24.0 Å². The van der Waals surface area contributed by atoms with Crippen LogP contribution in [0.3, 0.4) is 0 Å². The van der Waals surface area contributed by atoms with Crippen molar-refractivity contribution in [2.45, 2.75) is 13.3 Å². The Hall–Kier alpha value is -1.22. The molecule has 15 heavy (non-hydrogen) atoms. The molecule has 0 bridgehead atoms. The molecular formula is C9H14N2O3S. The minimum Gasteiger partial charge on any atom is -0.480 e. The van der Waals surface area contributed by atoms with E-state index in [0.717, 1.165) is 6.42 Å². The Morgan fingerprint density at radius 3 is 2.67 bits per heavy atom. The number of rotatable bonds is 7. The van der Waals surface area contributed by atoms with Crippen molar-refractivity contribution >= 4 is 23.6 Å². The number of carbonyl (C=O) groups excluding carboxylic acids is 1. The monoisotopic (exact) mass is 230 g/mol. The van der Waals surface area contributed by atoms with Crippen molar-refractivity contribution in [3.05, 3.63) is 0 Å². The second-order valence-corrected chi connectivity index (χ2v) is 3.85. The smallest absolute Gasteiger partial charge is 0.323 e. The molecule has 5 nitrogen and oxygen atoms in total. The number of amides is 1. The van der Waals surface area contributed by atoms with Crippen molar-refractivity contribution in [3.8, 4) is 6.07 Å². The zero-order valence-corrected chi connectivity index (χ0v) is 9.42. The minimum atomic E-state index is -1.01. The SMILES string of the molecule is CCCN(CC(=O)O)C(=O)CSCC#N. The highest BCUT2D eigenvalue weighted by Crippen LogP contribution is 2.02. The highest BCUT2D eigenvalue weighted by molar-refractivity contribution is 8.00. The Morgan fingerprint density at radius 1 is 1.53 bits per heavy atom. The molecular weight excluding hydrogens is 216 g/mol. The van der Waals surface area contributed by atoms with Gasteiger partial charge in [0.05, 0.1) is 17.6 Å². The fourth-order valence-corrected chi connectivity index (χ4v) is 1.55. The van der Waals surface area contributed by atoms with Gasteiger partial charge >= 0.3 is 5.97 Å². The van der Waals surface area contributed by atoms with Gasteiger partial charge in [-0.2, -0.15) is 5.26 Å². The van der Waals surface area contributed by atoms with Crippen LogP contribution in [0.2, 0.25) is 0 Å². The molecule has 0 aromatic rings. The van der Waals surface area contributed by atoms with Gasteiger partial charge in [0, 0.05) is 6.54 Å². The first-order valence-corrected chi connectivity index (χ1v) is 5.71. The number of thioether (sulfide) groups is 1. The molecule has 0 unspecified atom stereocenters. The van der Waals surface area contributed by atoms with E-state index >= 15 is 0 Å². The summed E-state index contributed by atoms with van der Waals surface area (Å²) in [5, 5.41) is 16.9. The molecule has 0 aliphatic heterocycles. The van der Waals surface area contributed by atoms with Crippen LogP contribution >= 0.6 is 11.8 Å². The zero-order valence-electron chi connectivity index (χ0n) is 8.60. The molecule has 0 spiro atoms. The fraction of sp³-hybridized carbons (Fsp3) is 0.667. The molecule has 0 aromatic heterocycles. The van der Waals surface area contributed by atoms with Crippen molar-refractivity contribution in [2.75, 3.05) is 24.6 Å². The lowest BCUT2D eigenvalue weighted by Gasteiger charge is -2.19. The lowest BCUT2D eigenvalue weighted by atomic mass is 10.4. The first-order chi connectivity index (χ1) is 7.11. The van der Waals surface area contributed by atoms with Crippen LogP contribution in [0, 0.1) is 11.3 Å². The molecule has 0 fully saturated rings. The molecule has 84 valence electrons. The molecule has 0 radical (unpaired) electrons. The van der Waals surface area contributed by atoms with E-state index in [1.54, 1.807) is 0 Å². The van der Waals surface area contributed by atoms with Crippen LogP contribution in [0.1, 0.15) is 13.3 Å². The molecule has 0 heterocycles. The van der Waals surface area contributed by atoms with Crippen molar-refractivity contribution in [2.24, 2.45) is 0 Å². The van der Waals surface area contributed by atoms with Crippen molar-refractivity contribution in [1.82, 2.24) is 4.90 Å². The van der Waals surface area contributed by atoms with E-state index in [1.807, 2.05) is 13.0 Å². The van der Waals surface area contributed by atoms with Crippen molar-refractivity contribution in [3.63, 3.8) is 0 Å². The van der Waals surface area contributed by atoms with Crippen LogP contribution in [-0.4, -0.2) is 46.5 Å². The molecule has 0 atom stereocenters. The summed E-state index contributed by atoms with van der Waals surface area (Å²) >= 11 is 1.20. The van der Waals surface area contributed by atoms with Crippen LogP contribution in [0.15, 0.2) is 0 Å². The van der Waals surface area contributed by atoms with Gasteiger partial charge in [-0.3, -0.25) is 9.59 Å². The van der Waals surface area contributed by atoms with Crippen LogP contribution in [0.5, 0.6) is 0 Å². The first-order valence-electron chi connectivity index (χ1n) is 4.56. The Morgan fingerprint density at radius 2 is 2.20 bits per heavy atom. The largest absolute Gasteiger partial charge is 0.480 e. The third kappa shape index (κ3) is 6.80. The molecule has 0 aliphatic rings. The fourth-order valence-electron chi connectivity index (χ4n) is 1.00. The van der Waals surface area contributed by atoms with Gasteiger partial charge in [-0.15, -0.1) is 11.8 Å². The maximum Gasteiger partial charge on any atom is 0.323 e. The summed E-state index contributed by atoms with van der Waals surface area (Å²) in [5.41, 5.74) is 0. The average molecular weight is 230 g/mol. The van der Waals surface area contributed by atoms with E-state index < -0.39 is 5.97 Å². The molecule has 1 N–H and O–H groups in total. The molecule has 0 saturated heterocycles.